The third kappa shape index (κ3) is 2.77. The highest BCUT2D eigenvalue weighted by atomic mass is 32.2. The van der Waals surface area contributed by atoms with Crippen LogP contribution in [0, 0.1) is 6.92 Å². The van der Waals surface area contributed by atoms with Crippen molar-refractivity contribution in [3.05, 3.63) is 53.1 Å². The highest BCUT2D eigenvalue weighted by molar-refractivity contribution is 7.99. The van der Waals surface area contributed by atoms with Gasteiger partial charge in [0.15, 0.2) is 0 Å². The summed E-state index contributed by atoms with van der Waals surface area (Å²) in [7, 11) is 0. The van der Waals surface area contributed by atoms with Gasteiger partial charge in [-0.25, -0.2) is 0 Å². The van der Waals surface area contributed by atoms with Gasteiger partial charge in [-0.3, -0.25) is 0 Å². The van der Waals surface area contributed by atoms with E-state index in [1.54, 1.807) is 0 Å². The summed E-state index contributed by atoms with van der Waals surface area (Å²) in [5.41, 5.74) is 3.85. The summed E-state index contributed by atoms with van der Waals surface area (Å²) >= 11 is 1.95. The summed E-state index contributed by atoms with van der Waals surface area (Å²) in [6, 6.07) is 13.1. The summed E-state index contributed by atoms with van der Waals surface area (Å²) in [6.07, 6.45) is 2.52. The monoisotopic (exact) mass is 312 g/mol. The lowest BCUT2D eigenvalue weighted by Crippen LogP contribution is -2.24. The second kappa shape index (κ2) is 6.00. The highest BCUT2D eigenvalue weighted by Crippen LogP contribution is 2.48. The van der Waals surface area contributed by atoms with Crippen molar-refractivity contribution in [2.75, 3.05) is 5.75 Å². The van der Waals surface area contributed by atoms with Crippen LogP contribution in [0.25, 0.3) is 0 Å². The minimum atomic E-state index is -0.0176. The van der Waals surface area contributed by atoms with Gasteiger partial charge in [0.2, 0.25) is 0 Å². The van der Waals surface area contributed by atoms with E-state index in [4.69, 9.17) is 4.74 Å². The molecule has 0 N–H and O–H groups in total. The molecule has 1 aliphatic heterocycles. The van der Waals surface area contributed by atoms with E-state index >= 15 is 0 Å². The third-order valence-electron chi connectivity index (χ3n) is 4.42. The first kappa shape index (κ1) is 15.5. The van der Waals surface area contributed by atoms with Crippen molar-refractivity contribution in [1.29, 1.82) is 0 Å². The van der Waals surface area contributed by atoms with Crippen LogP contribution in [0.5, 0.6) is 11.5 Å². The molecule has 1 heterocycles. The summed E-state index contributed by atoms with van der Waals surface area (Å²) in [4.78, 5) is 1.35. The Kier molecular flexibility index (Phi) is 4.22. The molecule has 22 heavy (non-hydrogen) atoms. The predicted octanol–water partition coefficient (Wildman–Crippen LogP) is 6.32. The van der Waals surface area contributed by atoms with Gasteiger partial charge in [0.05, 0.1) is 0 Å². The average molecular weight is 312 g/mol. The summed E-state index contributed by atoms with van der Waals surface area (Å²) in [5, 5.41) is 0. The first-order valence-corrected chi connectivity index (χ1v) is 9.07. The Labute approximate surface area is 138 Å². The zero-order chi connectivity index (χ0) is 15.7. The molecule has 2 heteroatoms. The lowest BCUT2D eigenvalue weighted by Gasteiger charge is -2.35. The molecule has 0 saturated heterocycles. The van der Waals surface area contributed by atoms with Crippen LogP contribution in [0.4, 0.5) is 0 Å². The summed E-state index contributed by atoms with van der Waals surface area (Å²) < 4.78 is 6.14. The van der Waals surface area contributed by atoms with Gasteiger partial charge >= 0.3 is 0 Å². The fourth-order valence-electron chi connectivity index (χ4n) is 3.00. The van der Waals surface area contributed by atoms with Crippen LogP contribution in [-0.2, 0) is 5.41 Å². The van der Waals surface area contributed by atoms with Crippen molar-refractivity contribution >= 4 is 11.8 Å². The van der Waals surface area contributed by atoms with Crippen LogP contribution in [-0.4, -0.2) is 5.75 Å². The van der Waals surface area contributed by atoms with E-state index in [0.717, 1.165) is 11.5 Å². The Morgan fingerprint density at radius 3 is 2.41 bits per heavy atom. The van der Waals surface area contributed by atoms with E-state index in [-0.39, 0.29) is 5.41 Å². The van der Waals surface area contributed by atoms with Crippen molar-refractivity contribution in [2.45, 2.75) is 50.8 Å². The highest BCUT2D eigenvalue weighted by Gasteiger charge is 2.34. The van der Waals surface area contributed by atoms with Gasteiger partial charge in [0, 0.05) is 21.4 Å². The zero-order valence-corrected chi connectivity index (χ0v) is 14.7. The van der Waals surface area contributed by atoms with Crippen LogP contribution in [0.15, 0.2) is 41.3 Å². The maximum atomic E-state index is 6.14. The van der Waals surface area contributed by atoms with Gasteiger partial charge in [-0.15, -0.1) is 11.8 Å². The number of fused-ring (bicyclic) bond motifs is 2. The van der Waals surface area contributed by atoms with Crippen LogP contribution in [0.2, 0.25) is 0 Å². The molecule has 1 nitrogen and oxygen atoms in total. The lowest BCUT2D eigenvalue weighted by atomic mass is 9.75. The molecule has 0 amide bonds. The van der Waals surface area contributed by atoms with Crippen molar-refractivity contribution in [3.63, 3.8) is 0 Å². The SMILES string of the molecule is CCCCSc1ccc2c(c1)C(C)(C)c1cc(C)ccc1O2. The Balaban J connectivity index is 1.98. The van der Waals surface area contributed by atoms with Gasteiger partial charge in [0.25, 0.3) is 0 Å². The standard InChI is InChI=1S/C20H24OS/c1-5-6-11-22-15-8-10-19-17(13-15)20(3,4)16-12-14(2)7-9-18(16)21-19/h7-10,12-13H,5-6,11H2,1-4H3. The van der Waals surface area contributed by atoms with E-state index in [9.17, 15) is 0 Å². The maximum Gasteiger partial charge on any atom is 0.131 e. The summed E-state index contributed by atoms with van der Waals surface area (Å²) in [5.74, 6) is 3.18. The number of aryl methyl sites for hydroxylation is 1. The van der Waals surface area contributed by atoms with Crippen molar-refractivity contribution < 1.29 is 4.74 Å². The van der Waals surface area contributed by atoms with Gasteiger partial charge in [-0.2, -0.15) is 0 Å². The van der Waals surface area contributed by atoms with Gasteiger partial charge in [0.1, 0.15) is 11.5 Å². The number of thioether (sulfide) groups is 1. The largest absolute Gasteiger partial charge is 0.457 e. The van der Waals surface area contributed by atoms with E-state index in [1.807, 2.05) is 11.8 Å². The number of hydrogen-bond donors (Lipinski definition) is 0. The molecule has 0 saturated carbocycles. The number of ether oxygens (including phenoxy) is 1. The Morgan fingerprint density at radius 2 is 1.68 bits per heavy atom. The van der Waals surface area contributed by atoms with E-state index in [0.29, 0.717) is 0 Å². The molecule has 0 spiro atoms. The molecule has 0 aromatic heterocycles. The smallest absolute Gasteiger partial charge is 0.131 e. The maximum absolute atomic E-state index is 6.14. The molecule has 2 aromatic carbocycles. The van der Waals surface area contributed by atoms with Crippen LogP contribution in [0.1, 0.15) is 50.3 Å². The molecule has 0 bridgehead atoms. The van der Waals surface area contributed by atoms with Crippen LogP contribution < -0.4 is 4.74 Å². The van der Waals surface area contributed by atoms with Crippen molar-refractivity contribution in [1.82, 2.24) is 0 Å². The number of unbranched alkanes of at least 4 members (excludes halogenated alkanes) is 1. The quantitative estimate of drug-likeness (QED) is 0.482. The fourth-order valence-corrected chi connectivity index (χ4v) is 4.03. The molecule has 0 atom stereocenters. The Morgan fingerprint density at radius 1 is 1.00 bits per heavy atom. The molecule has 0 fully saturated rings. The summed E-state index contributed by atoms with van der Waals surface area (Å²) in [6.45, 7) is 8.98. The average Bonchev–Trinajstić information content (AvgIpc) is 2.49. The minimum absolute atomic E-state index is 0.0176. The predicted molar refractivity (Wildman–Crippen MR) is 95.5 cm³/mol. The Bertz CT molecular complexity index is 688. The Hall–Kier alpha value is -1.41. The van der Waals surface area contributed by atoms with Gasteiger partial charge in [-0.1, -0.05) is 44.9 Å². The van der Waals surface area contributed by atoms with Crippen molar-refractivity contribution in [2.24, 2.45) is 0 Å². The molecular weight excluding hydrogens is 288 g/mol. The lowest BCUT2D eigenvalue weighted by molar-refractivity contribution is 0.417. The molecule has 0 aliphatic carbocycles. The van der Waals surface area contributed by atoms with Crippen LogP contribution >= 0.6 is 11.8 Å². The third-order valence-corrected chi connectivity index (χ3v) is 5.50. The molecule has 1 aliphatic rings. The van der Waals surface area contributed by atoms with Gasteiger partial charge in [-0.05, 0) is 43.4 Å². The molecule has 116 valence electrons. The first-order chi connectivity index (χ1) is 10.5. The van der Waals surface area contributed by atoms with E-state index in [2.05, 4.69) is 64.1 Å². The second-order valence-electron chi connectivity index (χ2n) is 6.59. The molecular formula is C20H24OS. The van der Waals surface area contributed by atoms with E-state index < -0.39 is 0 Å². The zero-order valence-electron chi connectivity index (χ0n) is 13.9. The fraction of sp³-hybridized carbons (Fsp3) is 0.400. The minimum Gasteiger partial charge on any atom is -0.457 e. The first-order valence-electron chi connectivity index (χ1n) is 8.08. The number of hydrogen-bond acceptors (Lipinski definition) is 2. The van der Waals surface area contributed by atoms with Crippen molar-refractivity contribution in [3.8, 4) is 11.5 Å². The second-order valence-corrected chi connectivity index (χ2v) is 7.75. The van der Waals surface area contributed by atoms with E-state index in [1.165, 1.54) is 40.2 Å². The molecule has 2 aromatic rings. The number of rotatable bonds is 4. The molecule has 3 rings (SSSR count). The molecule has 0 radical (unpaired) electrons. The normalized spacial score (nSPS) is 14.9. The number of benzene rings is 2. The topological polar surface area (TPSA) is 9.23 Å². The molecule has 0 unspecified atom stereocenters. The van der Waals surface area contributed by atoms with Crippen LogP contribution in [0.3, 0.4) is 0 Å². The van der Waals surface area contributed by atoms with Gasteiger partial charge < -0.3 is 4.74 Å².